The molecule has 1 aliphatic heterocycles. The van der Waals surface area contributed by atoms with Gasteiger partial charge in [-0.25, -0.2) is 13.4 Å². The lowest BCUT2D eigenvalue weighted by Gasteiger charge is -2.34. The summed E-state index contributed by atoms with van der Waals surface area (Å²) >= 11 is 7.45. The van der Waals surface area contributed by atoms with Crippen molar-refractivity contribution in [1.82, 2.24) is 9.88 Å². The molecule has 152 valence electrons. The minimum absolute atomic E-state index is 0.110. The fraction of sp³-hybridized carbons (Fsp3) is 0.300. The highest BCUT2D eigenvalue weighted by atomic mass is 35.5. The second-order valence-electron chi connectivity index (χ2n) is 7.05. The smallest absolute Gasteiger partial charge is 0.238 e. The maximum Gasteiger partial charge on any atom is 0.238 e. The molecule has 29 heavy (non-hydrogen) atoms. The Bertz CT molecular complexity index is 1150. The third-order valence-corrected chi connectivity index (χ3v) is 7.87. The lowest BCUT2D eigenvalue weighted by Crippen LogP contribution is -2.50. The molecule has 1 aromatic heterocycles. The topological polar surface area (TPSA) is 70.6 Å². The van der Waals surface area contributed by atoms with E-state index in [4.69, 9.17) is 11.6 Å². The van der Waals surface area contributed by atoms with Crippen LogP contribution in [0.25, 0.3) is 10.2 Å². The molecule has 0 atom stereocenters. The van der Waals surface area contributed by atoms with E-state index in [-0.39, 0.29) is 10.8 Å². The predicted molar refractivity (Wildman–Crippen MR) is 117 cm³/mol. The zero-order valence-electron chi connectivity index (χ0n) is 15.8. The second kappa shape index (κ2) is 7.93. The maximum absolute atomic E-state index is 12.6. The average Bonchev–Trinajstić information content (AvgIpc) is 3.11. The number of hydrogen-bond acceptors (Lipinski definition) is 6. The monoisotopic (exact) mass is 449 g/mol. The number of aromatic nitrogens is 1. The first-order chi connectivity index (χ1) is 13.8. The zero-order valence-corrected chi connectivity index (χ0v) is 18.2. The van der Waals surface area contributed by atoms with Gasteiger partial charge < -0.3 is 9.80 Å². The summed E-state index contributed by atoms with van der Waals surface area (Å²) in [7, 11) is -3.69. The number of sulfone groups is 1. The Morgan fingerprint density at radius 2 is 1.79 bits per heavy atom. The number of anilines is 1. The highest BCUT2D eigenvalue weighted by Crippen LogP contribution is 2.30. The number of fused-ring (bicyclic) bond motifs is 1. The highest BCUT2D eigenvalue weighted by Gasteiger charge is 2.27. The van der Waals surface area contributed by atoms with Crippen molar-refractivity contribution in [2.45, 2.75) is 11.8 Å². The van der Waals surface area contributed by atoms with Gasteiger partial charge in [-0.15, -0.1) is 0 Å². The summed E-state index contributed by atoms with van der Waals surface area (Å²) in [5, 5.41) is 1.39. The van der Waals surface area contributed by atoms with Crippen LogP contribution in [-0.4, -0.2) is 56.1 Å². The molecule has 3 aromatic rings. The SMILES string of the molecule is Cc1ccc2nc(N3CCN(C(=O)CS(=O)(=O)c4ccc(Cl)cc4)CC3)sc2c1. The minimum Gasteiger partial charge on any atom is -0.345 e. The molecule has 0 bridgehead atoms. The van der Waals surface area contributed by atoms with Crippen molar-refractivity contribution in [3.05, 3.63) is 53.1 Å². The molecule has 1 fully saturated rings. The Kier molecular flexibility index (Phi) is 5.50. The number of rotatable bonds is 4. The first-order valence-electron chi connectivity index (χ1n) is 9.20. The van der Waals surface area contributed by atoms with Gasteiger partial charge in [0.2, 0.25) is 5.91 Å². The summed E-state index contributed by atoms with van der Waals surface area (Å²) < 4.78 is 26.1. The Labute approximate surface area is 178 Å². The molecular weight excluding hydrogens is 430 g/mol. The van der Waals surface area contributed by atoms with Crippen LogP contribution in [0.2, 0.25) is 5.02 Å². The quantitative estimate of drug-likeness (QED) is 0.610. The first-order valence-corrected chi connectivity index (χ1v) is 12.0. The van der Waals surface area contributed by atoms with E-state index in [1.807, 2.05) is 12.1 Å². The molecule has 0 saturated carbocycles. The van der Waals surface area contributed by atoms with Crippen molar-refractivity contribution in [2.24, 2.45) is 0 Å². The zero-order chi connectivity index (χ0) is 20.6. The number of carbonyl (C=O) groups is 1. The normalized spacial score (nSPS) is 15.1. The minimum atomic E-state index is -3.69. The summed E-state index contributed by atoms with van der Waals surface area (Å²) in [5.41, 5.74) is 2.17. The third kappa shape index (κ3) is 4.39. The number of aryl methyl sites for hydroxylation is 1. The lowest BCUT2D eigenvalue weighted by atomic mass is 10.2. The van der Waals surface area contributed by atoms with E-state index < -0.39 is 15.6 Å². The van der Waals surface area contributed by atoms with E-state index in [9.17, 15) is 13.2 Å². The Hall–Kier alpha value is -2.16. The first kappa shape index (κ1) is 20.1. The summed E-state index contributed by atoms with van der Waals surface area (Å²) in [6.07, 6.45) is 0. The van der Waals surface area contributed by atoms with Gasteiger partial charge in [-0.05, 0) is 48.9 Å². The predicted octanol–water partition coefficient (Wildman–Crippen LogP) is 3.38. The number of piperazine rings is 1. The van der Waals surface area contributed by atoms with E-state index in [2.05, 4.69) is 22.9 Å². The average molecular weight is 450 g/mol. The van der Waals surface area contributed by atoms with Crippen molar-refractivity contribution in [3.63, 3.8) is 0 Å². The molecule has 0 unspecified atom stereocenters. The molecule has 2 heterocycles. The van der Waals surface area contributed by atoms with Crippen LogP contribution in [0.3, 0.4) is 0 Å². The summed E-state index contributed by atoms with van der Waals surface area (Å²) in [5.74, 6) is -0.908. The summed E-state index contributed by atoms with van der Waals surface area (Å²) in [6.45, 7) is 4.27. The van der Waals surface area contributed by atoms with Gasteiger partial charge in [0.25, 0.3) is 0 Å². The van der Waals surface area contributed by atoms with Gasteiger partial charge in [0.05, 0.1) is 15.1 Å². The Morgan fingerprint density at radius 1 is 1.10 bits per heavy atom. The standard InChI is InChI=1S/C20H20ClN3O3S2/c1-14-2-7-17-18(12-14)28-20(22-17)24-10-8-23(9-11-24)19(25)13-29(26,27)16-5-3-15(21)4-6-16/h2-7,12H,8-11,13H2,1H3. The Balaban J connectivity index is 1.39. The molecule has 0 spiro atoms. The van der Waals surface area contributed by atoms with Crippen molar-refractivity contribution in [3.8, 4) is 0 Å². The highest BCUT2D eigenvalue weighted by molar-refractivity contribution is 7.92. The fourth-order valence-corrected chi connectivity index (χ4v) is 5.75. The molecule has 1 amide bonds. The Morgan fingerprint density at radius 3 is 2.48 bits per heavy atom. The molecule has 6 nitrogen and oxygen atoms in total. The van der Waals surface area contributed by atoms with Gasteiger partial charge in [0.1, 0.15) is 5.75 Å². The fourth-order valence-electron chi connectivity index (χ4n) is 3.28. The van der Waals surface area contributed by atoms with Gasteiger partial charge in [0, 0.05) is 31.2 Å². The van der Waals surface area contributed by atoms with Crippen molar-refractivity contribution >= 4 is 54.0 Å². The lowest BCUT2D eigenvalue weighted by molar-refractivity contribution is -0.128. The molecule has 9 heteroatoms. The van der Waals surface area contributed by atoms with E-state index in [0.717, 1.165) is 15.3 Å². The van der Waals surface area contributed by atoms with Gasteiger partial charge >= 0.3 is 0 Å². The number of hydrogen-bond donors (Lipinski definition) is 0. The number of thiazole rings is 1. The van der Waals surface area contributed by atoms with Crippen LogP contribution in [0.15, 0.2) is 47.4 Å². The maximum atomic E-state index is 12.6. The van der Waals surface area contributed by atoms with Gasteiger partial charge in [-0.2, -0.15) is 0 Å². The molecule has 0 radical (unpaired) electrons. The van der Waals surface area contributed by atoms with Crippen molar-refractivity contribution < 1.29 is 13.2 Å². The van der Waals surface area contributed by atoms with Gasteiger partial charge in [-0.3, -0.25) is 4.79 Å². The number of benzene rings is 2. The third-order valence-electron chi connectivity index (χ3n) is 4.92. The van der Waals surface area contributed by atoms with Gasteiger partial charge in [-0.1, -0.05) is 29.0 Å². The van der Waals surface area contributed by atoms with Crippen LogP contribution >= 0.6 is 22.9 Å². The van der Waals surface area contributed by atoms with Crippen LogP contribution in [0, 0.1) is 6.92 Å². The van der Waals surface area contributed by atoms with Gasteiger partial charge in [0.15, 0.2) is 15.0 Å². The second-order valence-corrected chi connectivity index (χ2v) is 10.5. The van der Waals surface area contributed by atoms with Crippen LogP contribution in [0.4, 0.5) is 5.13 Å². The molecule has 0 aliphatic carbocycles. The van der Waals surface area contributed by atoms with E-state index >= 15 is 0 Å². The molecule has 4 rings (SSSR count). The van der Waals surface area contributed by atoms with E-state index in [0.29, 0.717) is 31.2 Å². The van der Waals surface area contributed by atoms with E-state index in [1.165, 1.54) is 29.8 Å². The van der Waals surface area contributed by atoms with Crippen molar-refractivity contribution in [2.75, 3.05) is 36.8 Å². The number of halogens is 1. The summed E-state index contributed by atoms with van der Waals surface area (Å²) in [4.78, 5) is 21.1. The van der Waals surface area contributed by atoms with Crippen molar-refractivity contribution in [1.29, 1.82) is 0 Å². The number of amides is 1. The molecular formula is C20H20ClN3O3S2. The molecule has 1 aliphatic rings. The van der Waals surface area contributed by atoms with Crippen LogP contribution in [-0.2, 0) is 14.6 Å². The number of nitrogens with zero attached hydrogens (tertiary/aromatic N) is 3. The molecule has 2 aromatic carbocycles. The van der Waals surface area contributed by atoms with Crippen LogP contribution in [0.1, 0.15) is 5.56 Å². The number of carbonyl (C=O) groups excluding carboxylic acids is 1. The van der Waals surface area contributed by atoms with Crippen LogP contribution in [0.5, 0.6) is 0 Å². The van der Waals surface area contributed by atoms with Crippen LogP contribution < -0.4 is 4.90 Å². The summed E-state index contributed by atoms with van der Waals surface area (Å²) in [6, 6.07) is 12.1. The van der Waals surface area contributed by atoms with E-state index in [1.54, 1.807) is 16.2 Å². The molecule has 1 saturated heterocycles. The molecule has 0 N–H and O–H groups in total. The largest absolute Gasteiger partial charge is 0.345 e.